The molecule has 0 aliphatic carbocycles. The Morgan fingerprint density at radius 1 is 1.26 bits per heavy atom. The number of hydrogen-bond donors (Lipinski definition) is 4. The minimum absolute atomic E-state index is 0.189. The first-order valence-electron chi connectivity index (χ1n) is 8.12. The molecule has 142 valence electrons. The fraction of sp³-hybridized carbons (Fsp3) is 0.235. The van der Waals surface area contributed by atoms with Crippen molar-refractivity contribution in [3.05, 3.63) is 68.0 Å². The minimum Gasteiger partial charge on any atom is -0.347 e. The van der Waals surface area contributed by atoms with Crippen LogP contribution in [-0.4, -0.2) is 23.7 Å². The molecule has 4 N–H and O–H groups in total. The van der Waals surface area contributed by atoms with Gasteiger partial charge in [-0.2, -0.15) is 0 Å². The van der Waals surface area contributed by atoms with Crippen LogP contribution in [0.1, 0.15) is 28.0 Å². The van der Waals surface area contributed by atoms with Gasteiger partial charge < -0.3 is 5.32 Å². The summed E-state index contributed by atoms with van der Waals surface area (Å²) in [5.74, 6) is 0.393. The molecule has 2 atom stereocenters. The van der Waals surface area contributed by atoms with E-state index >= 15 is 0 Å². The molecule has 0 fully saturated rings. The molecule has 2 heterocycles. The number of aromatic amines is 1. The van der Waals surface area contributed by atoms with E-state index in [0.29, 0.717) is 23.8 Å². The second kappa shape index (κ2) is 8.42. The van der Waals surface area contributed by atoms with Crippen molar-refractivity contribution in [2.24, 2.45) is 0 Å². The highest BCUT2D eigenvalue weighted by Crippen LogP contribution is 2.24. The molecule has 0 saturated heterocycles. The Bertz CT molecular complexity index is 1000. The number of rotatable bonds is 7. The van der Waals surface area contributed by atoms with E-state index in [-0.39, 0.29) is 11.6 Å². The number of nitrogens with zero attached hydrogens (tertiary/aromatic N) is 2. The van der Waals surface area contributed by atoms with E-state index in [0.717, 1.165) is 16.3 Å². The highest BCUT2D eigenvalue weighted by molar-refractivity contribution is 7.80. The second-order valence-electron chi connectivity index (χ2n) is 5.98. The van der Waals surface area contributed by atoms with Gasteiger partial charge in [-0.1, -0.05) is 12.1 Å². The molecule has 1 aromatic carbocycles. The van der Waals surface area contributed by atoms with Crippen molar-refractivity contribution in [1.82, 2.24) is 15.0 Å². The molecule has 0 bridgehead atoms. The van der Waals surface area contributed by atoms with Gasteiger partial charge >= 0.3 is 0 Å². The summed E-state index contributed by atoms with van der Waals surface area (Å²) in [5, 5.41) is 6.19. The third-order valence-corrected chi connectivity index (χ3v) is 4.98. The first-order valence-corrected chi connectivity index (χ1v) is 10.1. The van der Waals surface area contributed by atoms with E-state index in [2.05, 4.69) is 25.0 Å². The molecule has 0 spiro atoms. The molecule has 0 amide bonds. The summed E-state index contributed by atoms with van der Waals surface area (Å²) in [5.41, 5.74) is 2.83. The van der Waals surface area contributed by atoms with Crippen LogP contribution in [0.2, 0.25) is 0 Å². The molecule has 0 aliphatic rings. The lowest BCUT2D eigenvalue weighted by Crippen LogP contribution is -2.19. The fourth-order valence-electron chi connectivity index (χ4n) is 2.63. The monoisotopic (exact) mass is 405 g/mol. The SMILES string of the molecule is Cc1cc(=O)[nH]c(N[C@@H](Cc2ccc(NS(=O)O)cc2)c2csc(C)n2)n1. The van der Waals surface area contributed by atoms with Gasteiger partial charge in [0.05, 0.1) is 16.7 Å². The molecule has 0 radical (unpaired) electrons. The number of aryl methyl sites for hydroxylation is 2. The lowest BCUT2D eigenvalue weighted by atomic mass is 10.0. The molecule has 27 heavy (non-hydrogen) atoms. The highest BCUT2D eigenvalue weighted by atomic mass is 32.2. The number of H-pyrrole nitrogens is 1. The van der Waals surface area contributed by atoms with E-state index in [1.165, 1.54) is 6.07 Å². The molecular formula is C17H19N5O3S2. The van der Waals surface area contributed by atoms with Crippen LogP contribution in [0, 0.1) is 13.8 Å². The molecule has 0 saturated carbocycles. The van der Waals surface area contributed by atoms with Crippen LogP contribution in [0.3, 0.4) is 0 Å². The summed E-state index contributed by atoms with van der Waals surface area (Å²) >= 11 is -0.551. The van der Waals surface area contributed by atoms with Crippen LogP contribution in [0.25, 0.3) is 0 Å². The Kier molecular flexibility index (Phi) is 5.99. The predicted octanol–water partition coefficient (Wildman–Crippen LogP) is 2.79. The third kappa shape index (κ3) is 5.46. The maximum Gasteiger partial charge on any atom is 0.259 e. The fourth-order valence-corrected chi connectivity index (χ4v) is 3.63. The quantitative estimate of drug-likeness (QED) is 0.449. The number of thiazole rings is 1. The minimum atomic E-state index is -2.10. The zero-order chi connectivity index (χ0) is 19.4. The summed E-state index contributed by atoms with van der Waals surface area (Å²) in [6.45, 7) is 3.70. The predicted molar refractivity (Wildman–Crippen MR) is 107 cm³/mol. The Balaban J connectivity index is 1.84. The van der Waals surface area contributed by atoms with Gasteiger partial charge in [0, 0.05) is 22.8 Å². The van der Waals surface area contributed by atoms with Crippen molar-refractivity contribution in [1.29, 1.82) is 0 Å². The smallest absolute Gasteiger partial charge is 0.259 e. The van der Waals surface area contributed by atoms with E-state index in [1.807, 2.05) is 24.4 Å². The van der Waals surface area contributed by atoms with Crippen molar-refractivity contribution in [2.75, 3.05) is 10.0 Å². The molecule has 2 aromatic heterocycles. The Labute approximate surface area is 162 Å². The maximum absolute atomic E-state index is 11.7. The van der Waals surface area contributed by atoms with Crippen molar-refractivity contribution >= 4 is 34.2 Å². The number of anilines is 2. The van der Waals surface area contributed by atoms with Crippen LogP contribution in [0.5, 0.6) is 0 Å². The average Bonchev–Trinajstić information content (AvgIpc) is 3.01. The topological polar surface area (TPSA) is 120 Å². The number of nitrogens with one attached hydrogen (secondary N) is 3. The Morgan fingerprint density at radius 3 is 2.59 bits per heavy atom. The second-order valence-corrected chi connectivity index (χ2v) is 7.74. The molecule has 1 unspecified atom stereocenters. The lowest BCUT2D eigenvalue weighted by Gasteiger charge is -2.18. The summed E-state index contributed by atoms with van der Waals surface area (Å²) < 4.78 is 22.1. The average molecular weight is 406 g/mol. The maximum atomic E-state index is 11.7. The van der Waals surface area contributed by atoms with Crippen molar-refractivity contribution < 1.29 is 8.76 Å². The van der Waals surface area contributed by atoms with Crippen LogP contribution in [0.15, 0.2) is 40.5 Å². The molecule has 10 heteroatoms. The number of hydrogen-bond acceptors (Lipinski definition) is 6. The lowest BCUT2D eigenvalue weighted by molar-refractivity contribution is 0.570. The van der Waals surface area contributed by atoms with Crippen molar-refractivity contribution in [3.8, 4) is 0 Å². The standard InChI is InChI=1S/C17H19N5O3S2/c1-10-7-16(23)21-17(18-10)20-14(15-9-26-11(2)19-15)8-12-3-5-13(6-4-12)22-27(24)25/h3-7,9,14,22H,8H2,1-2H3,(H,24,25)(H2,18,20,21,23)/t14-/m0/s1. The highest BCUT2D eigenvalue weighted by Gasteiger charge is 2.17. The number of benzene rings is 1. The molecule has 8 nitrogen and oxygen atoms in total. The zero-order valence-corrected chi connectivity index (χ0v) is 16.4. The number of aromatic nitrogens is 3. The van der Waals surface area contributed by atoms with Gasteiger partial charge in [0.1, 0.15) is 0 Å². The third-order valence-electron chi connectivity index (χ3n) is 3.77. The molecule has 3 aromatic rings. The molecule has 3 rings (SSSR count). The zero-order valence-electron chi connectivity index (χ0n) is 14.7. The summed E-state index contributed by atoms with van der Waals surface area (Å²) in [6.07, 6.45) is 0.601. The van der Waals surface area contributed by atoms with E-state index < -0.39 is 11.3 Å². The van der Waals surface area contributed by atoms with Crippen LogP contribution in [-0.2, 0) is 17.7 Å². The van der Waals surface area contributed by atoms with Crippen molar-refractivity contribution in [2.45, 2.75) is 26.3 Å². The van der Waals surface area contributed by atoms with E-state index in [4.69, 9.17) is 4.55 Å². The van der Waals surface area contributed by atoms with Gasteiger partial charge in [-0.15, -0.1) is 11.3 Å². The Hall–Kier alpha value is -2.56. The molecule has 0 aliphatic heterocycles. The van der Waals surface area contributed by atoms with Gasteiger partial charge in [0.25, 0.3) is 16.8 Å². The van der Waals surface area contributed by atoms with Gasteiger partial charge in [-0.3, -0.25) is 19.1 Å². The molecular weight excluding hydrogens is 386 g/mol. The van der Waals surface area contributed by atoms with Gasteiger partial charge in [0.2, 0.25) is 5.95 Å². The normalized spacial score (nSPS) is 13.1. The first-order chi connectivity index (χ1) is 12.9. The summed E-state index contributed by atoms with van der Waals surface area (Å²) in [7, 11) is 0. The van der Waals surface area contributed by atoms with Crippen molar-refractivity contribution in [3.63, 3.8) is 0 Å². The largest absolute Gasteiger partial charge is 0.347 e. The van der Waals surface area contributed by atoms with Gasteiger partial charge in [0.15, 0.2) is 0 Å². The van der Waals surface area contributed by atoms with E-state index in [1.54, 1.807) is 30.4 Å². The Morgan fingerprint density at radius 2 is 2.00 bits per heavy atom. The van der Waals surface area contributed by atoms with Crippen LogP contribution >= 0.6 is 11.3 Å². The first kappa shape index (κ1) is 19.2. The van der Waals surface area contributed by atoms with Crippen LogP contribution in [0.4, 0.5) is 11.6 Å². The van der Waals surface area contributed by atoms with Gasteiger partial charge in [-0.25, -0.2) is 14.2 Å². The van der Waals surface area contributed by atoms with E-state index in [9.17, 15) is 9.00 Å². The summed E-state index contributed by atoms with van der Waals surface area (Å²) in [6, 6.07) is 8.46. The summed E-state index contributed by atoms with van der Waals surface area (Å²) in [4.78, 5) is 23.3. The van der Waals surface area contributed by atoms with Gasteiger partial charge in [-0.05, 0) is 38.0 Å². The van der Waals surface area contributed by atoms with Crippen LogP contribution < -0.4 is 15.6 Å².